The van der Waals surface area contributed by atoms with Crippen LogP contribution in [0.5, 0.6) is 5.75 Å². The second kappa shape index (κ2) is 9.28. The molecule has 0 spiro atoms. The molecule has 0 unspecified atom stereocenters. The molecular weight excluding hydrogens is 485 g/mol. The lowest BCUT2D eigenvalue weighted by atomic mass is 9.96. The third kappa shape index (κ3) is 4.07. The Morgan fingerprint density at radius 3 is 2.47 bits per heavy atom. The van der Waals surface area contributed by atoms with E-state index in [0.717, 1.165) is 5.56 Å². The van der Waals surface area contributed by atoms with Crippen LogP contribution in [0.25, 0.3) is 5.57 Å². The van der Waals surface area contributed by atoms with Gasteiger partial charge in [0.1, 0.15) is 18.1 Å². The van der Waals surface area contributed by atoms with Crippen molar-refractivity contribution in [1.29, 1.82) is 0 Å². The Morgan fingerprint density at radius 2 is 1.75 bits per heavy atom. The van der Waals surface area contributed by atoms with Gasteiger partial charge in [-0.1, -0.05) is 54.6 Å². The van der Waals surface area contributed by atoms with Gasteiger partial charge >= 0.3 is 0 Å². The highest BCUT2D eigenvalue weighted by Gasteiger charge is 2.38. The minimum absolute atomic E-state index is 0.0191. The predicted molar refractivity (Wildman–Crippen MR) is 134 cm³/mol. The molecule has 3 heterocycles. The number of carbonyl (C=O) groups is 2. The number of ether oxygens (including phenoxy) is 1. The van der Waals surface area contributed by atoms with Gasteiger partial charge < -0.3 is 19.1 Å². The van der Waals surface area contributed by atoms with Crippen molar-refractivity contribution >= 4 is 29.0 Å². The van der Waals surface area contributed by atoms with Crippen molar-refractivity contribution in [3.05, 3.63) is 104 Å². The summed E-state index contributed by atoms with van der Waals surface area (Å²) in [4.78, 5) is 43.5. The molecule has 0 fully saturated rings. The lowest BCUT2D eigenvalue weighted by Crippen LogP contribution is -2.47. The Balaban J connectivity index is 1.61. The number of rotatable bonds is 5. The van der Waals surface area contributed by atoms with Crippen LogP contribution in [0.2, 0.25) is 5.02 Å². The highest BCUT2D eigenvalue weighted by Crippen LogP contribution is 2.32. The van der Waals surface area contributed by atoms with Crippen LogP contribution in [0.3, 0.4) is 0 Å². The zero-order chi connectivity index (χ0) is 25.6. The molecule has 0 N–H and O–H groups in total. The van der Waals surface area contributed by atoms with Crippen LogP contribution < -0.4 is 10.2 Å². The SMILES string of the molecule is C=C1CN(C)C(=O)c2c1c(=O)c(OCc1ccccc1)c1n2CCN(Cc2ccc(F)c(Cl)c2)C1=O. The van der Waals surface area contributed by atoms with Crippen LogP contribution in [0.15, 0.2) is 59.9 Å². The summed E-state index contributed by atoms with van der Waals surface area (Å²) < 4.78 is 21.2. The molecule has 0 saturated heterocycles. The number of nitrogens with zero attached hydrogens (tertiary/aromatic N) is 3. The van der Waals surface area contributed by atoms with Crippen molar-refractivity contribution in [3.63, 3.8) is 0 Å². The predicted octanol–water partition coefficient (Wildman–Crippen LogP) is 3.97. The van der Waals surface area contributed by atoms with E-state index in [0.29, 0.717) is 11.1 Å². The van der Waals surface area contributed by atoms with Crippen molar-refractivity contribution in [2.45, 2.75) is 19.7 Å². The highest BCUT2D eigenvalue weighted by atomic mass is 35.5. The number of amides is 2. The van der Waals surface area contributed by atoms with Gasteiger partial charge in [-0.2, -0.15) is 0 Å². The average molecular weight is 508 g/mol. The molecule has 3 aromatic rings. The van der Waals surface area contributed by atoms with Gasteiger partial charge in [0, 0.05) is 33.2 Å². The maximum atomic E-state index is 13.7. The molecule has 7 nitrogen and oxygen atoms in total. The number of hydrogen-bond donors (Lipinski definition) is 0. The number of likely N-dealkylation sites (N-methyl/N-ethyl adjacent to an activating group) is 1. The van der Waals surface area contributed by atoms with Crippen LogP contribution in [0.1, 0.15) is 37.7 Å². The Bertz CT molecular complexity index is 1470. The van der Waals surface area contributed by atoms with Crippen molar-refractivity contribution in [2.75, 3.05) is 20.1 Å². The summed E-state index contributed by atoms with van der Waals surface area (Å²) >= 11 is 5.92. The third-order valence-corrected chi connectivity index (χ3v) is 6.71. The van der Waals surface area contributed by atoms with Crippen LogP contribution in [-0.2, 0) is 19.7 Å². The fourth-order valence-corrected chi connectivity index (χ4v) is 4.85. The molecule has 0 aliphatic carbocycles. The summed E-state index contributed by atoms with van der Waals surface area (Å²) in [6.45, 7) is 5.00. The summed E-state index contributed by atoms with van der Waals surface area (Å²) in [5.41, 5.74) is 1.79. The average Bonchev–Trinajstić information content (AvgIpc) is 2.86. The standard InChI is InChI=1S/C27H23ClFN3O4/c1-16-13-30(2)26(34)22-21(16)24(33)25(36-15-17-6-4-3-5-7-17)23-27(35)31(10-11-32(22)23)14-18-8-9-20(29)19(28)12-18/h3-9,12H,1,10-11,13-15H2,2H3. The molecule has 0 atom stereocenters. The van der Waals surface area contributed by atoms with Crippen molar-refractivity contribution < 1.29 is 18.7 Å². The molecular formula is C27H23ClFN3O4. The molecule has 0 radical (unpaired) electrons. The Morgan fingerprint density at radius 1 is 1.00 bits per heavy atom. The minimum atomic E-state index is -0.548. The number of pyridine rings is 1. The van der Waals surface area contributed by atoms with Gasteiger partial charge in [0.25, 0.3) is 11.8 Å². The number of carbonyl (C=O) groups excluding carboxylic acids is 2. The third-order valence-electron chi connectivity index (χ3n) is 6.42. The van der Waals surface area contributed by atoms with E-state index in [1.54, 1.807) is 17.7 Å². The summed E-state index contributed by atoms with van der Waals surface area (Å²) in [5, 5.41) is -0.0401. The van der Waals surface area contributed by atoms with E-state index >= 15 is 0 Å². The largest absolute Gasteiger partial charge is 0.483 e. The van der Waals surface area contributed by atoms with E-state index in [1.807, 2.05) is 30.3 Å². The van der Waals surface area contributed by atoms with Crippen LogP contribution >= 0.6 is 11.6 Å². The monoisotopic (exact) mass is 507 g/mol. The lowest BCUT2D eigenvalue weighted by Gasteiger charge is -2.36. The molecule has 0 saturated carbocycles. The summed E-state index contributed by atoms with van der Waals surface area (Å²) in [6, 6.07) is 13.5. The minimum Gasteiger partial charge on any atom is -0.483 e. The maximum Gasteiger partial charge on any atom is 0.274 e. The summed E-state index contributed by atoms with van der Waals surface area (Å²) in [7, 11) is 1.63. The summed E-state index contributed by atoms with van der Waals surface area (Å²) in [5.74, 6) is -1.47. The zero-order valence-electron chi connectivity index (χ0n) is 19.6. The van der Waals surface area contributed by atoms with E-state index in [4.69, 9.17) is 16.3 Å². The fraction of sp³-hybridized carbons (Fsp3) is 0.222. The quantitative estimate of drug-likeness (QED) is 0.524. The second-order valence-corrected chi connectivity index (χ2v) is 9.30. The molecule has 36 heavy (non-hydrogen) atoms. The maximum absolute atomic E-state index is 13.7. The van der Waals surface area contributed by atoms with Gasteiger partial charge in [-0.25, -0.2) is 4.39 Å². The van der Waals surface area contributed by atoms with Gasteiger partial charge in [0.2, 0.25) is 5.43 Å². The smallest absolute Gasteiger partial charge is 0.274 e. The van der Waals surface area contributed by atoms with Crippen LogP contribution in [0, 0.1) is 5.82 Å². The van der Waals surface area contributed by atoms with E-state index in [2.05, 4.69) is 6.58 Å². The molecule has 1 aromatic heterocycles. The molecule has 0 bridgehead atoms. The van der Waals surface area contributed by atoms with Gasteiger partial charge in [-0.15, -0.1) is 0 Å². The van der Waals surface area contributed by atoms with E-state index in [-0.39, 0.29) is 66.4 Å². The van der Waals surface area contributed by atoms with E-state index < -0.39 is 17.2 Å². The first-order chi connectivity index (χ1) is 17.3. The molecule has 5 rings (SSSR count). The number of fused-ring (bicyclic) bond motifs is 3. The van der Waals surface area contributed by atoms with E-state index in [1.165, 1.54) is 21.9 Å². The highest BCUT2D eigenvalue weighted by molar-refractivity contribution is 6.30. The number of benzene rings is 2. The van der Waals surface area contributed by atoms with Gasteiger partial charge in [0.05, 0.1) is 10.6 Å². The molecule has 9 heteroatoms. The number of halogens is 2. The molecule has 2 aliphatic rings. The van der Waals surface area contributed by atoms with Crippen molar-refractivity contribution in [1.82, 2.24) is 14.4 Å². The lowest BCUT2D eigenvalue weighted by molar-refractivity contribution is 0.0670. The second-order valence-electron chi connectivity index (χ2n) is 8.90. The molecule has 2 aliphatic heterocycles. The zero-order valence-corrected chi connectivity index (χ0v) is 20.3. The molecule has 2 aromatic carbocycles. The number of hydrogen-bond acceptors (Lipinski definition) is 4. The Kier molecular flexibility index (Phi) is 6.14. The first kappa shape index (κ1) is 23.8. The van der Waals surface area contributed by atoms with Gasteiger partial charge in [-0.3, -0.25) is 14.4 Å². The molecule has 2 amide bonds. The first-order valence-electron chi connectivity index (χ1n) is 11.4. The van der Waals surface area contributed by atoms with Crippen molar-refractivity contribution in [3.8, 4) is 5.75 Å². The fourth-order valence-electron chi connectivity index (χ4n) is 4.65. The topological polar surface area (TPSA) is 71.8 Å². The van der Waals surface area contributed by atoms with Crippen LogP contribution in [0.4, 0.5) is 4.39 Å². The summed E-state index contributed by atoms with van der Waals surface area (Å²) in [6.07, 6.45) is 0. The van der Waals surface area contributed by atoms with Gasteiger partial charge in [-0.05, 0) is 28.8 Å². The van der Waals surface area contributed by atoms with Gasteiger partial charge in [0.15, 0.2) is 11.4 Å². The Hall–Kier alpha value is -3.91. The first-order valence-corrected chi connectivity index (χ1v) is 11.8. The molecule has 184 valence electrons. The van der Waals surface area contributed by atoms with E-state index in [9.17, 15) is 18.8 Å². The Labute approximate surface area is 212 Å². The normalized spacial score (nSPS) is 15.1. The van der Waals surface area contributed by atoms with Crippen LogP contribution in [-0.4, -0.2) is 46.3 Å². The number of aromatic nitrogens is 1. The van der Waals surface area contributed by atoms with Crippen molar-refractivity contribution in [2.24, 2.45) is 0 Å².